The van der Waals surface area contributed by atoms with Crippen molar-refractivity contribution in [1.29, 1.82) is 0 Å². The summed E-state index contributed by atoms with van der Waals surface area (Å²) in [6, 6.07) is 14.0. The SMILES string of the molecule is CCc1cccc(CC)c1NC(=O)CNCCc1cccc(Cl)c1. The second-order valence-electron chi connectivity index (χ2n) is 5.76. The van der Waals surface area contributed by atoms with E-state index in [0.717, 1.165) is 36.5 Å². The van der Waals surface area contributed by atoms with Crippen molar-refractivity contribution in [3.8, 4) is 0 Å². The highest BCUT2D eigenvalue weighted by atomic mass is 35.5. The van der Waals surface area contributed by atoms with Crippen LogP contribution in [-0.4, -0.2) is 19.0 Å². The van der Waals surface area contributed by atoms with E-state index < -0.39 is 0 Å². The van der Waals surface area contributed by atoms with Crippen LogP contribution in [0.5, 0.6) is 0 Å². The summed E-state index contributed by atoms with van der Waals surface area (Å²) in [5, 5.41) is 7.00. The number of nitrogens with one attached hydrogen (secondary N) is 2. The van der Waals surface area contributed by atoms with Crippen molar-refractivity contribution >= 4 is 23.2 Å². The van der Waals surface area contributed by atoms with Crippen LogP contribution >= 0.6 is 11.6 Å². The lowest BCUT2D eigenvalue weighted by molar-refractivity contribution is -0.115. The Kier molecular flexibility index (Phi) is 7.29. The highest BCUT2D eigenvalue weighted by molar-refractivity contribution is 6.30. The molecule has 2 rings (SSSR count). The minimum Gasteiger partial charge on any atom is -0.324 e. The molecule has 24 heavy (non-hydrogen) atoms. The highest BCUT2D eigenvalue weighted by Crippen LogP contribution is 2.22. The zero-order valence-corrected chi connectivity index (χ0v) is 15.1. The van der Waals surface area contributed by atoms with Gasteiger partial charge >= 0.3 is 0 Å². The van der Waals surface area contributed by atoms with E-state index in [0.29, 0.717) is 6.54 Å². The average Bonchev–Trinajstić information content (AvgIpc) is 2.59. The van der Waals surface area contributed by atoms with Crippen molar-refractivity contribution in [2.75, 3.05) is 18.4 Å². The molecule has 128 valence electrons. The number of hydrogen-bond acceptors (Lipinski definition) is 2. The molecule has 2 aromatic carbocycles. The molecule has 0 heterocycles. The summed E-state index contributed by atoms with van der Waals surface area (Å²) in [4.78, 5) is 12.2. The summed E-state index contributed by atoms with van der Waals surface area (Å²) in [6.45, 7) is 5.26. The maximum Gasteiger partial charge on any atom is 0.238 e. The lowest BCUT2D eigenvalue weighted by Crippen LogP contribution is -2.30. The first-order chi connectivity index (χ1) is 11.6. The molecule has 0 radical (unpaired) electrons. The molecule has 0 aliphatic carbocycles. The molecule has 0 fully saturated rings. The van der Waals surface area contributed by atoms with Crippen molar-refractivity contribution in [1.82, 2.24) is 5.32 Å². The van der Waals surface area contributed by atoms with E-state index in [9.17, 15) is 4.79 Å². The number of para-hydroxylation sites is 1. The number of carbonyl (C=O) groups is 1. The average molecular weight is 345 g/mol. The number of benzene rings is 2. The van der Waals surface area contributed by atoms with Gasteiger partial charge in [-0.05, 0) is 54.6 Å². The number of aryl methyl sites for hydroxylation is 2. The Balaban J connectivity index is 1.83. The zero-order chi connectivity index (χ0) is 17.4. The highest BCUT2D eigenvalue weighted by Gasteiger charge is 2.09. The summed E-state index contributed by atoms with van der Waals surface area (Å²) >= 11 is 5.97. The van der Waals surface area contributed by atoms with Gasteiger partial charge < -0.3 is 10.6 Å². The molecule has 3 nitrogen and oxygen atoms in total. The fourth-order valence-electron chi connectivity index (χ4n) is 2.71. The van der Waals surface area contributed by atoms with Crippen molar-refractivity contribution < 1.29 is 4.79 Å². The molecule has 0 aliphatic rings. The van der Waals surface area contributed by atoms with Crippen LogP contribution in [0.2, 0.25) is 5.02 Å². The van der Waals surface area contributed by atoms with Gasteiger partial charge in [0, 0.05) is 10.7 Å². The van der Waals surface area contributed by atoms with Crippen molar-refractivity contribution in [2.24, 2.45) is 0 Å². The lowest BCUT2D eigenvalue weighted by Gasteiger charge is -2.14. The van der Waals surface area contributed by atoms with E-state index >= 15 is 0 Å². The van der Waals surface area contributed by atoms with Crippen LogP contribution < -0.4 is 10.6 Å². The summed E-state index contributed by atoms with van der Waals surface area (Å²) in [7, 11) is 0. The van der Waals surface area contributed by atoms with Crippen molar-refractivity contribution in [2.45, 2.75) is 33.1 Å². The molecule has 0 aliphatic heterocycles. The largest absolute Gasteiger partial charge is 0.324 e. The maximum atomic E-state index is 12.2. The molecular formula is C20H25ClN2O. The molecule has 0 saturated heterocycles. The Morgan fingerprint density at radius 2 is 1.71 bits per heavy atom. The van der Waals surface area contributed by atoms with Gasteiger partial charge in [-0.2, -0.15) is 0 Å². The lowest BCUT2D eigenvalue weighted by atomic mass is 10.0. The molecule has 0 aromatic heterocycles. The van der Waals surface area contributed by atoms with E-state index in [4.69, 9.17) is 11.6 Å². The molecule has 2 N–H and O–H groups in total. The molecule has 1 amide bonds. The number of carbonyl (C=O) groups excluding carboxylic acids is 1. The van der Waals surface area contributed by atoms with Crippen LogP contribution in [0.3, 0.4) is 0 Å². The Bertz CT molecular complexity index is 663. The molecule has 0 unspecified atom stereocenters. The maximum absolute atomic E-state index is 12.2. The standard InChI is InChI=1S/C20H25ClN2O/c1-3-16-8-6-9-17(4-2)20(16)23-19(24)14-22-12-11-15-7-5-10-18(21)13-15/h5-10,13,22H,3-4,11-12,14H2,1-2H3,(H,23,24). The van der Waals surface area contributed by atoms with Crippen LogP contribution in [0, 0.1) is 0 Å². The molecule has 0 spiro atoms. The number of hydrogen-bond donors (Lipinski definition) is 2. The summed E-state index contributed by atoms with van der Waals surface area (Å²) < 4.78 is 0. The van der Waals surface area contributed by atoms with E-state index in [1.807, 2.05) is 24.3 Å². The van der Waals surface area contributed by atoms with E-state index in [1.165, 1.54) is 16.7 Å². The van der Waals surface area contributed by atoms with Gasteiger partial charge in [-0.25, -0.2) is 0 Å². The number of rotatable bonds is 8. The third kappa shape index (κ3) is 5.36. The molecule has 2 aromatic rings. The monoisotopic (exact) mass is 344 g/mol. The summed E-state index contributed by atoms with van der Waals surface area (Å²) in [5.74, 6) is -0.00306. The Morgan fingerprint density at radius 1 is 1.04 bits per heavy atom. The van der Waals surface area contributed by atoms with Gasteiger partial charge in [0.2, 0.25) is 5.91 Å². The summed E-state index contributed by atoms with van der Waals surface area (Å²) in [6.07, 6.45) is 2.66. The topological polar surface area (TPSA) is 41.1 Å². The smallest absolute Gasteiger partial charge is 0.238 e. The van der Waals surface area contributed by atoms with Gasteiger partial charge in [0.1, 0.15) is 0 Å². The van der Waals surface area contributed by atoms with Gasteiger partial charge in [0.15, 0.2) is 0 Å². The van der Waals surface area contributed by atoms with Crippen LogP contribution in [0.15, 0.2) is 42.5 Å². The molecule has 0 atom stereocenters. The molecular weight excluding hydrogens is 320 g/mol. The Morgan fingerprint density at radius 3 is 2.33 bits per heavy atom. The summed E-state index contributed by atoms with van der Waals surface area (Å²) in [5.41, 5.74) is 4.51. The second kappa shape index (κ2) is 9.45. The van der Waals surface area contributed by atoms with Crippen LogP contribution in [-0.2, 0) is 24.1 Å². The van der Waals surface area contributed by atoms with Crippen molar-refractivity contribution in [3.05, 3.63) is 64.2 Å². The predicted molar refractivity (Wildman–Crippen MR) is 102 cm³/mol. The Hall–Kier alpha value is -1.84. The van der Waals surface area contributed by atoms with Gasteiger partial charge in [-0.1, -0.05) is 55.8 Å². The van der Waals surface area contributed by atoms with Crippen LogP contribution in [0.4, 0.5) is 5.69 Å². The van der Waals surface area contributed by atoms with E-state index in [1.54, 1.807) is 0 Å². The number of halogens is 1. The van der Waals surface area contributed by atoms with Crippen LogP contribution in [0.1, 0.15) is 30.5 Å². The first kappa shape index (κ1) is 18.5. The first-order valence-corrected chi connectivity index (χ1v) is 8.87. The third-order valence-corrected chi connectivity index (χ3v) is 4.26. The molecule has 4 heteroatoms. The fourth-order valence-corrected chi connectivity index (χ4v) is 2.93. The molecule has 0 bridgehead atoms. The van der Waals surface area contributed by atoms with E-state index in [2.05, 4.69) is 42.7 Å². The van der Waals surface area contributed by atoms with Gasteiger partial charge in [0.05, 0.1) is 6.54 Å². The molecule has 0 saturated carbocycles. The van der Waals surface area contributed by atoms with Gasteiger partial charge in [-0.3, -0.25) is 4.79 Å². The Labute approximate surface area is 149 Å². The predicted octanol–water partition coefficient (Wildman–Crippen LogP) is 4.24. The van der Waals surface area contributed by atoms with Crippen molar-refractivity contribution in [3.63, 3.8) is 0 Å². The minimum atomic E-state index is -0.00306. The normalized spacial score (nSPS) is 10.6. The van der Waals surface area contributed by atoms with Crippen LogP contribution in [0.25, 0.3) is 0 Å². The third-order valence-electron chi connectivity index (χ3n) is 4.03. The van der Waals surface area contributed by atoms with Gasteiger partial charge in [-0.15, -0.1) is 0 Å². The quantitative estimate of drug-likeness (QED) is 0.703. The second-order valence-corrected chi connectivity index (χ2v) is 6.20. The minimum absolute atomic E-state index is 0.00306. The zero-order valence-electron chi connectivity index (χ0n) is 14.4. The van der Waals surface area contributed by atoms with E-state index in [-0.39, 0.29) is 5.91 Å². The van der Waals surface area contributed by atoms with Gasteiger partial charge in [0.25, 0.3) is 0 Å². The first-order valence-electron chi connectivity index (χ1n) is 8.49. The number of anilines is 1. The fraction of sp³-hybridized carbons (Fsp3) is 0.350. The number of amides is 1.